The lowest BCUT2D eigenvalue weighted by molar-refractivity contribution is 0.476. The number of likely N-dealkylation sites (N-methyl/N-ethyl adjacent to an activating group) is 1. The molecule has 1 aromatic rings. The summed E-state index contributed by atoms with van der Waals surface area (Å²) in [5.41, 5.74) is 1.06. The van der Waals surface area contributed by atoms with E-state index in [9.17, 15) is 8.42 Å². The third-order valence-electron chi connectivity index (χ3n) is 2.08. The molecule has 0 saturated heterocycles. The molecule has 0 N–H and O–H groups in total. The predicted octanol–water partition coefficient (Wildman–Crippen LogP) is 1.08. The molecule has 1 rings (SSSR count). The van der Waals surface area contributed by atoms with Crippen molar-refractivity contribution in [1.29, 1.82) is 0 Å². The summed E-state index contributed by atoms with van der Waals surface area (Å²) in [6.45, 7) is 0.430. The minimum Gasteiger partial charge on any atom is -0.265 e. The van der Waals surface area contributed by atoms with Gasteiger partial charge in [0.2, 0.25) is 10.0 Å². The monoisotopic (exact) mass is 248 g/mol. The van der Waals surface area contributed by atoms with E-state index in [4.69, 9.17) is 11.6 Å². The Bertz CT molecular complexity index is 394. The number of alkyl halides is 1. The van der Waals surface area contributed by atoms with Gasteiger partial charge in [0, 0.05) is 26.0 Å². The first kappa shape index (κ1) is 12.4. The lowest BCUT2D eigenvalue weighted by Gasteiger charge is -2.14. The Labute approximate surface area is 94.9 Å². The maximum Gasteiger partial charge on any atom is 0.227 e. The highest BCUT2D eigenvalue weighted by Gasteiger charge is 2.15. The SMILES string of the molecule is CN(CCc1ccncc1)S(=O)(=O)CCl. The number of nitrogens with zero attached hydrogens (tertiary/aromatic N) is 2. The van der Waals surface area contributed by atoms with Crippen molar-refractivity contribution in [1.82, 2.24) is 9.29 Å². The quantitative estimate of drug-likeness (QED) is 0.733. The summed E-state index contributed by atoms with van der Waals surface area (Å²) in [5, 5.41) is -0.375. The number of pyridine rings is 1. The van der Waals surface area contributed by atoms with Crippen LogP contribution in [0.4, 0.5) is 0 Å². The van der Waals surface area contributed by atoms with Crippen LogP contribution in [0.1, 0.15) is 5.56 Å². The van der Waals surface area contributed by atoms with E-state index in [1.165, 1.54) is 11.4 Å². The second-order valence-electron chi connectivity index (χ2n) is 3.15. The average Bonchev–Trinajstić information content (AvgIpc) is 2.27. The number of hydrogen-bond acceptors (Lipinski definition) is 3. The van der Waals surface area contributed by atoms with E-state index in [2.05, 4.69) is 4.98 Å². The molecule has 15 heavy (non-hydrogen) atoms. The summed E-state index contributed by atoms with van der Waals surface area (Å²) in [6.07, 6.45) is 4.03. The number of halogens is 1. The largest absolute Gasteiger partial charge is 0.265 e. The van der Waals surface area contributed by atoms with Crippen molar-refractivity contribution < 1.29 is 8.42 Å². The van der Waals surface area contributed by atoms with Crippen LogP contribution in [0.5, 0.6) is 0 Å². The van der Waals surface area contributed by atoms with Crippen molar-refractivity contribution in [3.05, 3.63) is 30.1 Å². The molecule has 1 heterocycles. The van der Waals surface area contributed by atoms with Crippen molar-refractivity contribution in [2.75, 3.05) is 18.8 Å². The van der Waals surface area contributed by atoms with Crippen molar-refractivity contribution in [2.45, 2.75) is 6.42 Å². The van der Waals surface area contributed by atoms with Gasteiger partial charge in [-0.1, -0.05) is 0 Å². The minimum atomic E-state index is -3.29. The first-order valence-corrected chi connectivity index (χ1v) is 6.59. The van der Waals surface area contributed by atoms with Gasteiger partial charge in [0.05, 0.1) is 0 Å². The molecule has 0 aliphatic rings. The minimum absolute atomic E-state index is 0.375. The second-order valence-corrected chi connectivity index (χ2v) is 5.81. The van der Waals surface area contributed by atoms with Crippen LogP contribution < -0.4 is 0 Å². The van der Waals surface area contributed by atoms with Gasteiger partial charge in [-0.05, 0) is 24.1 Å². The number of aromatic nitrogens is 1. The zero-order valence-corrected chi connectivity index (χ0v) is 10.0. The Morgan fingerprint density at radius 2 is 2.00 bits per heavy atom. The van der Waals surface area contributed by atoms with Gasteiger partial charge in [0.1, 0.15) is 5.21 Å². The second kappa shape index (κ2) is 5.44. The zero-order chi connectivity index (χ0) is 11.3. The van der Waals surface area contributed by atoms with Crippen LogP contribution in [0.3, 0.4) is 0 Å². The first-order chi connectivity index (χ1) is 7.06. The normalized spacial score (nSPS) is 11.9. The molecule has 0 radical (unpaired) electrons. The fourth-order valence-corrected chi connectivity index (χ4v) is 2.09. The molecule has 1 aromatic heterocycles. The van der Waals surface area contributed by atoms with E-state index in [1.807, 2.05) is 12.1 Å². The van der Waals surface area contributed by atoms with Crippen LogP contribution in [-0.4, -0.2) is 36.5 Å². The Morgan fingerprint density at radius 1 is 1.40 bits per heavy atom. The van der Waals surface area contributed by atoms with E-state index >= 15 is 0 Å². The summed E-state index contributed by atoms with van der Waals surface area (Å²) in [7, 11) is -1.76. The van der Waals surface area contributed by atoms with Crippen LogP contribution in [0.15, 0.2) is 24.5 Å². The molecule has 0 unspecified atom stereocenters. The molecule has 0 bridgehead atoms. The Hall–Kier alpha value is -0.650. The maximum absolute atomic E-state index is 11.3. The molecule has 0 amide bonds. The van der Waals surface area contributed by atoms with Crippen LogP contribution in [0.2, 0.25) is 0 Å². The standard InChI is InChI=1S/C9H13ClN2O2S/c1-12(15(13,14)8-10)7-4-9-2-5-11-6-3-9/h2-3,5-6H,4,7-8H2,1H3. The molecule has 0 fully saturated rings. The van der Waals surface area contributed by atoms with Crippen molar-refractivity contribution in [2.24, 2.45) is 0 Å². The highest BCUT2D eigenvalue weighted by molar-refractivity contribution is 7.90. The zero-order valence-electron chi connectivity index (χ0n) is 8.43. The molecule has 0 saturated carbocycles. The summed E-state index contributed by atoms with van der Waals surface area (Å²) in [4.78, 5) is 3.88. The van der Waals surface area contributed by atoms with Gasteiger partial charge in [-0.3, -0.25) is 4.98 Å². The highest BCUT2D eigenvalue weighted by Crippen LogP contribution is 2.04. The van der Waals surface area contributed by atoms with E-state index in [0.717, 1.165) is 5.56 Å². The highest BCUT2D eigenvalue weighted by atomic mass is 35.5. The number of rotatable bonds is 5. The van der Waals surface area contributed by atoms with E-state index in [-0.39, 0.29) is 5.21 Å². The van der Waals surface area contributed by atoms with Gasteiger partial charge in [-0.2, -0.15) is 0 Å². The van der Waals surface area contributed by atoms with Gasteiger partial charge in [-0.15, -0.1) is 11.6 Å². The molecule has 84 valence electrons. The van der Waals surface area contributed by atoms with Gasteiger partial charge in [0.25, 0.3) is 0 Å². The molecule has 0 aromatic carbocycles. The summed E-state index contributed by atoms with van der Waals surface area (Å²) in [5.74, 6) is 0. The van der Waals surface area contributed by atoms with E-state index in [1.54, 1.807) is 12.4 Å². The summed E-state index contributed by atoms with van der Waals surface area (Å²) < 4.78 is 23.9. The third kappa shape index (κ3) is 3.77. The number of sulfonamides is 1. The molecule has 0 atom stereocenters. The van der Waals surface area contributed by atoms with Gasteiger partial charge >= 0.3 is 0 Å². The van der Waals surface area contributed by atoms with Gasteiger partial charge in [-0.25, -0.2) is 12.7 Å². The van der Waals surface area contributed by atoms with Crippen LogP contribution in [0.25, 0.3) is 0 Å². The smallest absolute Gasteiger partial charge is 0.227 e. The van der Waals surface area contributed by atoms with E-state index in [0.29, 0.717) is 13.0 Å². The fraction of sp³-hybridized carbons (Fsp3) is 0.444. The number of hydrogen-bond donors (Lipinski definition) is 0. The van der Waals surface area contributed by atoms with Crippen LogP contribution in [-0.2, 0) is 16.4 Å². The van der Waals surface area contributed by atoms with E-state index < -0.39 is 10.0 Å². The van der Waals surface area contributed by atoms with Crippen molar-refractivity contribution >= 4 is 21.6 Å². The lowest BCUT2D eigenvalue weighted by atomic mass is 10.2. The van der Waals surface area contributed by atoms with Gasteiger partial charge in [0.15, 0.2) is 0 Å². The Balaban J connectivity index is 2.52. The van der Waals surface area contributed by atoms with Crippen LogP contribution in [0, 0.1) is 0 Å². The molecule has 0 aliphatic carbocycles. The fourth-order valence-electron chi connectivity index (χ4n) is 1.06. The topological polar surface area (TPSA) is 50.3 Å². The third-order valence-corrected chi connectivity index (χ3v) is 4.31. The molecular formula is C9H13ClN2O2S. The molecule has 6 heteroatoms. The summed E-state index contributed by atoms with van der Waals surface area (Å²) in [6, 6.07) is 3.72. The Morgan fingerprint density at radius 3 is 2.53 bits per heavy atom. The molecular weight excluding hydrogens is 236 g/mol. The predicted molar refractivity (Wildman–Crippen MR) is 60.2 cm³/mol. The van der Waals surface area contributed by atoms with Gasteiger partial charge < -0.3 is 0 Å². The molecule has 4 nitrogen and oxygen atoms in total. The Kier molecular flexibility index (Phi) is 4.50. The molecule has 0 aliphatic heterocycles. The molecule has 0 spiro atoms. The lowest BCUT2D eigenvalue weighted by Crippen LogP contribution is -2.29. The van der Waals surface area contributed by atoms with Crippen molar-refractivity contribution in [3.63, 3.8) is 0 Å². The average molecular weight is 249 g/mol. The van der Waals surface area contributed by atoms with Crippen LogP contribution >= 0.6 is 11.6 Å². The first-order valence-electron chi connectivity index (χ1n) is 4.45. The summed E-state index contributed by atoms with van der Waals surface area (Å²) >= 11 is 5.33. The maximum atomic E-state index is 11.3. The van der Waals surface area contributed by atoms with Crippen molar-refractivity contribution in [3.8, 4) is 0 Å².